The normalized spacial score (nSPS) is 21.3. The summed E-state index contributed by atoms with van der Waals surface area (Å²) in [6.07, 6.45) is -1.54. The van der Waals surface area contributed by atoms with Gasteiger partial charge in [0.25, 0.3) is 5.91 Å². The van der Waals surface area contributed by atoms with E-state index in [1.807, 2.05) is 17.9 Å². The number of aryl methyl sites for hydroxylation is 1. The molecule has 28 heavy (non-hydrogen) atoms. The predicted octanol–water partition coefficient (Wildman–Crippen LogP) is 2.57. The number of anilines is 1. The third-order valence-electron chi connectivity index (χ3n) is 4.73. The molecule has 152 valence electrons. The molecule has 8 nitrogen and oxygen atoms in total. The third-order valence-corrected chi connectivity index (χ3v) is 5.46. The summed E-state index contributed by atoms with van der Waals surface area (Å²) in [5, 5.41) is 16.2. The van der Waals surface area contributed by atoms with Crippen LogP contribution in [0.1, 0.15) is 29.0 Å². The largest absolute Gasteiger partial charge is 0.490 e. The van der Waals surface area contributed by atoms with Gasteiger partial charge in [0.15, 0.2) is 5.76 Å². The van der Waals surface area contributed by atoms with Crippen LogP contribution in [0.4, 0.5) is 18.3 Å². The predicted molar refractivity (Wildman–Crippen MR) is 92.2 cm³/mol. The molecule has 2 aromatic heterocycles. The molecule has 0 radical (unpaired) electrons. The van der Waals surface area contributed by atoms with E-state index in [2.05, 4.69) is 15.1 Å². The van der Waals surface area contributed by atoms with Crippen LogP contribution in [0, 0.1) is 6.92 Å². The second kappa shape index (κ2) is 7.78. The lowest BCUT2D eigenvalue weighted by Crippen LogP contribution is -2.39. The third kappa shape index (κ3) is 3.96. The number of alkyl halides is 3. The first-order valence-corrected chi connectivity index (χ1v) is 9.26. The van der Waals surface area contributed by atoms with E-state index < -0.39 is 12.1 Å². The zero-order valence-corrected chi connectivity index (χ0v) is 15.5. The first-order chi connectivity index (χ1) is 13.2. The van der Waals surface area contributed by atoms with Crippen LogP contribution in [0.2, 0.25) is 0 Å². The minimum atomic E-state index is -5.08. The van der Waals surface area contributed by atoms with Crippen molar-refractivity contribution in [3.8, 4) is 0 Å². The van der Waals surface area contributed by atoms with Crippen LogP contribution < -0.4 is 4.90 Å². The topological polar surface area (TPSA) is 99.8 Å². The van der Waals surface area contributed by atoms with Gasteiger partial charge in [-0.15, -0.1) is 10.2 Å². The summed E-state index contributed by atoms with van der Waals surface area (Å²) in [5.74, 6) is -2.26. The second-order valence-corrected chi connectivity index (χ2v) is 7.17. The fraction of sp³-hybridized carbons (Fsp3) is 0.500. The number of aromatic nitrogens is 2. The molecule has 4 heterocycles. The van der Waals surface area contributed by atoms with Crippen molar-refractivity contribution in [2.24, 2.45) is 0 Å². The summed E-state index contributed by atoms with van der Waals surface area (Å²) in [6, 6.07) is 2.45. The summed E-state index contributed by atoms with van der Waals surface area (Å²) in [4.78, 5) is 25.8. The van der Waals surface area contributed by atoms with Crippen LogP contribution in [-0.4, -0.2) is 63.4 Å². The van der Waals surface area contributed by atoms with Gasteiger partial charge in [0.05, 0.1) is 18.3 Å². The number of aliphatic carboxylic acids is 1. The number of hydrogen-bond donors (Lipinski definition) is 1. The molecule has 2 aliphatic rings. The van der Waals surface area contributed by atoms with Crippen LogP contribution >= 0.6 is 11.3 Å². The van der Waals surface area contributed by atoms with Gasteiger partial charge in [-0.05, 0) is 25.8 Å². The van der Waals surface area contributed by atoms with Gasteiger partial charge in [0.2, 0.25) is 5.13 Å². The van der Waals surface area contributed by atoms with E-state index in [9.17, 15) is 18.0 Å². The molecule has 1 N–H and O–H groups in total. The Morgan fingerprint density at radius 3 is 2.50 bits per heavy atom. The Morgan fingerprint density at radius 1 is 1.29 bits per heavy atom. The van der Waals surface area contributed by atoms with E-state index in [1.165, 1.54) is 0 Å². The molecule has 0 aromatic carbocycles. The van der Waals surface area contributed by atoms with Crippen LogP contribution in [0.5, 0.6) is 0 Å². The maximum Gasteiger partial charge on any atom is 0.490 e. The highest BCUT2D eigenvalue weighted by Gasteiger charge is 2.46. The van der Waals surface area contributed by atoms with Crippen molar-refractivity contribution >= 4 is 28.3 Å². The van der Waals surface area contributed by atoms with Gasteiger partial charge in [-0.25, -0.2) is 4.79 Å². The number of rotatable bonds is 2. The Labute approximate surface area is 161 Å². The van der Waals surface area contributed by atoms with Crippen molar-refractivity contribution < 1.29 is 32.3 Å². The number of hydrogen-bond acceptors (Lipinski definition) is 7. The van der Waals surface area contributed by atoms with Gasteiger partial charge in [-0.1, -0.05) is 11.3 Å². The Bertz CT molecular complexity index is 839. The zero-order valence-electron chi connectivity index (χ0n) is 14.7. The molecule has 2 aromatic rings. The van der Waals surface area contributed by atoms with Gasteiger partial charge < -0.3 is 19.3 Å². The van der Waals surface area contributed by atoms with Crippen LogP contribution in [0.25, 0.3) is 0 Å². The fourth-order valence-corrected chi connectivity index (χ4v) is 4.14. The van der Waals surface area contributed by atoms with Crippen LogP contribution in [0.15, 0.2) is 22.3 Å². The fourth-order valence-electron chi connectivity index (χ4n) is 3.49. The summed E-state index contributed by atoms with van der Waals surface area (Å²) in [5.41, 5.74) is 2.66. The summed E-state index contributed by atoms with van der Waals surface area (Å²) >= 11 is 1.56. The van der Waals surface area contributed by atoms with E-state index in [4.69, 9.17) is 14.3 Å². The second-order valence-electron chi connectivity index (χ2n) is 6.36. The molecule has 2 atom stereocenters. The maximum atomic E-state index is 12.7. The van der Waals surface area contributed by atoms with Gasteiger partial charge in [-0.2, -0.15) is 13.2 Å². The number of likely N-dealkylation sites (tertiary alicyclic amines) is 1. The van der Waals surface area contributed by atoms with E-state index in [1.54, 1.807) is 23.1 Å². The number of halogens is 3. The van der Waals surface area contributed by atoms with Gasteiger partial charge in [0, 0.05) is 18.7 Å². The lowest BCUT2D eigenvalue weighted by molar-refractivity contribution is -0.192. The number of furan rings is 1. The minimum Gasteiger partial charge on any atom is -0.475 e. The smallest absolute Gasteiger partial charge is 0.475 e. The summed E-state index contributed by atoms with van der Waals surface area (Å²) in [7, 11) is 0. The average Bonchev–Trinajstić information content (AvgIpc) is 3.38. The zero-order chi connectivity index (χ0) is 20.5. The van der Waals surface area contributed by atoms with Gasteiger partial charge >= 0.3 is 12.1 Å². The molecule has 2 fully saturated rings. The quantitative estimate of drug-likeness (QED) is 0.800. The number of amides is 1. The summed E-state index contributed by atoms with van der Waals surface area (Å²) < 4.78 is 37.1. The molecule has 0 saturated carbocycles. The Balaban J connectivity index is 0.000000279. The number of nitrogens with zero attached hydrogens (tertiary/aromatic N) is 4. The molecular formula is C16H17F3N4O4S. The number of carbonyl (C=O) groups excluding carboxylic acids is 1. The number of fused-ring (bicyclic) bond motifs is 1. The molecule has 2 saturated heterocycles. The van der Waals surface area contributed by atoms with Crippen molar-refractivity contribution in [2.75, 3.05) is 18.0 Å². The monoisotopic (exact) mass is 418 g/mol. The Hall–Kier alpha value is -2.63. The highest BCUT2D eigenvalue weighted by molar-refractivity contribution is 7.13. The maximum absolute atomic E-state index is 12.7. The SMILES string of the molecule is Cc1ccoc1C(=O)N1CC[C@H]2[C@H]1CCN2c1nncs1.O=C(O)C(F)(F)F. The Morgan fingerprint density at radius 2 is 1.96 bits per heavy atom. The van der Waals surface area contributed by atoms with Gasteiger partial charge in [0.1, 0.15) is 5.51 Å². The molecule has 2 aliphatic heterocycles. The molecular weight excluding hydrogens is 401 g/mol. The van der Waals surface area contributed by atoms with E-state index in [0.717, 1.165) is 36.6 Å². The highest BCUT2D eigenvalue weighted by Crippen LogP contribution is 2.36. The lowest BCUT2D eigenvalue weighted by Gasteiger charge is -2.24. The van der Waals surface area contributed by atoms with Crippen molar-refractivity contribution in [1.82, 2.24) is 15.1 Å². The van der Waals surface area contributed by atoms with Crippen LogP contribution in [-0.2, 0) is 4.79 Å². The van der Waals surface area contributed by atoms with Crippen LogP contribution in [0.3, 0.4) is 0 Å². The van der Waals surface area contributed by atoms with E-state index in [-0.39, 0.29) is 11.9 Å². The lowest BCUT2D eigenvalue weighted by atomic mass is 10.1. The molecule has 0 aliphatic carbocycles. The van der Waals surface area contributed by atoms with Crippen molar-refractivity contribution in [3.05, 3.63) is 29.2 Å². The minimum absolute atomic E-state index is 0.0177. The Kier molecular flexibility index (Phi) is 5.59. The van der Waals surface area contributed by atoms with Crippen molar-refractivity contribution in [1.29, 1.82) is 0 Å². The van der Waals surface area contributed by atoms with Gasteiger partial charge in [-0.3, -0.25) is 4.79 Å². The first kappa shape index (κ1) is 20.1. The molecule has 0 spiro atoms. The molecule has 0 unspecified atom stereocenters. The molecule has 4 rings (SSSR count). The number of carboxylic acids is 1. The number of carbonyl (C=O) groups is 2. The molecule has 1 amide bonds. The molecule has 12 heteroatoms. The van der Waals surface area contributed by atoms with Crippen molar-refractivity contribution in [3.63, 3.8) is 0 Å². The van der Waals surface area contributed by atoms with E-state index >= 15 is 0 Å². The van der Waals surface area contributed by atoms with Crippen molar-refractivity contribution in [2.45, 2.75) is 38.0 Å². The highest BCUT2D eigenvalue weighted by atomic mass is 32.1. The molecule has 0 bridgehead atoms. The first-order valence-electron chi connectivity index (χ1n) is 8.38. The van der Waals surface area contributed by atoms with E-state index in [0.29, 0.717) is 11.8 Å². The average molecular weight is 418 g/mol. The standard InChI is InChI=1S/C14H16N4O2S.C2HF3O2/c1-9-4-7-20-12(9)13(19)17-5-2-11-10(17)3-6-18(11)14-16-15-8-21-14;3-2(4,5)1(6)7/h4,7-8,10-11H,2-3,5-6H2,1H3;(H,6,7)/t10-,11+;/m1./s1. The number of carboxylic acid groups (broad SMARTS) is 1. The summed E-state index contributed by atoms with van der Waals surface area (Å²) in [6.45, 7) is 3.63.